The first-order valence-electron chi connectivity index (χ1n) is 6.95. The van der Waals surface area contributed by atoms with Crippen molar-refractivity contribution in [2.24, 2.45) is 17.6 Å². The van der Waals surface area contributed by atoms with E-state index < -0.39 is 0 Å². The van der Waals surface area contributed by atoms with Gasteiger partial charge < -0.3 is 11.1 Å². The summed E-state index contributed by atoms with van der Waals surface area (Å²) in [5.41, 5.74) is 5.53. The summed E-state index contributed by atoms with van der Waals surface area (Å²) >= 11 is 0. The lowest BCUT2D eigenvalue weighted by Gasteiger charge is -2.25. The summed E-state index contributed by atoms with van der Waals surface area (Å²) in [6.45, 7) is 6.45. The van der Waals surface area contributed by atoms with Gasteiger partial charge in [-0.15, -0.1) is 0 Å². The number of nitrogens with one attached hydrogen (secondary N) is 1. The highest BCUT2D eigenvalue weighted by Crippen LogP contribution is 2.28. The molecule has 1 atom stereocenters. The van der Waals surface area contributed by atoms with Gasteiger partial charge in [-0.25, -0.2) is 0 Å². The number of nitrogens with two attached hydrogens (primary N) is 1. The van der Waals surface area contributed by atoms with Crippen molar-refractivity contribution in [3.63, 3.8) is 0 Å². The molecule has 0 aliphatic heterocycles. The Morgan fingerprint density at radius 3 is 2.47 bits per heavy atom. The van der Waals surface area contributed by atoms with Gasteiger partial charge >= 0.3 is 0 Å². The zero-order valence-corrected chi connectivity index (χ0v) is 11.6. The Morgan fingerprint density at radius 2 is 1.94 bits per heavy atom. The van der Waals surface area contributed by atoms with Gasteiger partial charge in [0, 0.05) is 18.0 Å². The van der Waals surface area contributed by atoms with Gasteiger partial charge in [-0.3, -0.25) is 4.79 Å². The van der Waals surface area contributed by atoms with E-state index in [0.29, 0.717) is 6.54 Å². The van der Waals surface area contributed by atoms with Crippen LogP contribution in [0.5, 0.6) is 0 Å². The molecule has 3 nitrogen and oxygen atoms in total. The fourth-order valence-electron chi connectivity index (χ4n) is 2.52. The fourth-order valence-corrected chi connectivity index (χ4v) is 2.52. The highest BCUT2D eigenvalue weighted by atomic mass is 16.1. The smallest absolute Gasteiger partial charge is 0.222 e. The molecule has 1 fully saturated rings. The maximum Gasteiger partial charge on any atom is 0.222 e. The molecule has 1 saturated carbocycles. The Labute approximate surface area is 106 Å². The molecule has 0 bridgehead atoms. The summed E-state index contributed by atoms with van der Waals surface area (Å²) < 4.78 is 0. The molecule has 0 heterocycles. The molecule has 1 aliphatic rings. The molecule has 1 amide bonds. The fraction of sp³-hybridized carbons (Fsp3) is 0.929. The van der Waals surface area contributed by atoms with Gasteiger partial charge in [-0.2, -0.15) is 0 Å². The summed E-state index contributed by atoms with van der Waals surface area (Å²) in [6, 6.07) is 0. The van der Waals surface area contributed by atoms with E-state index in [4.69, 9.17) is 5.73 Å². The number of hydrogen-bond acceptors (Lipinski definition) is 2. The summed E-state index contributed by atoms with van der Waals surface area (Å²) in [5, 5.41) is 2.95. The standard InChI is InChI=1S/C14H28N2O/c1-11(9-12-7-5-4-6-8-12)13(17)16-10-14(2,3)15/h11-12H,4-10,15H2,1-3H3,(H,16,17). The number of amides is 1. The van der Waals surface area contributed by atoms with E-state index in [1.165, 1.54) is 32.1 Å². The molecule has 0 radical (unpaired) electrons. The molecule has 0 aromatic rings. The molecule has 0 aromatic heterocycles. The van der Waals surface area contributed by atoms with Crippen LogP contribution in [-0.4, -0.2) is 18.0 Å². The van der Waals surface area contributed by atoms with Crippen molar-refractivity contribution < 1.29 is 4.79 Å². The van der Waals surface area contributed by atoms with Crippen molar-refractivity contribution >= 4 is 5.91 Å². The van der Waals surface area contributed by atoms with Gasteiger partial charge in [0.2, 0.25) is 5.91 Å². The molecule has 100 valence electrons. The molecule has 0 aromatic carbocycles. The van der Waals surface area contributed by atoms with Crippen molar-refractivity contribution in [3.8, 4) is 0 Å². The summed E-state index contributed by atoms with van der Waals surface area (Å²) in [5.74, 6) is 1.05. The number of carbonyl (C=O) groups excluding carboxylic acids is 1. The van der Waals surface area contributed by atoms with Crippen LogP contribution in [-0.2, 0) is 4.79 Å². The minimum Gasteiger partial charge on any atom is -0.354 e. The van der Waals surface area contributed by atoms with E-state index in [0.717, 1.165) is 12.3 Å². The van der Waals surface area contributed by atoms with E-state index in [1.54, 1.807) is 0 Å². The van der Waals surface area contributed by atoms with Crippen LogP contribution in [0, 0.1) is 11.8 Å². The second-order valence-corrected chi connectivity index (χ2v) is 6.35. The third-order valence-corrected chi connectivity index (χ3v) is 3.58. The van der Waals surface area contributed by atoms with Crippen LogP contribution in [0.15, 0.2) is 0 Å². The van der Waals surface area contributed by atoms with Crippen molar-refractivity contribution in [1.82, 2.24) is 5.32 Å². The largest absolute Gasteiger partial charge is 0.354 e. The molecule has 0 saturated heterocycles. The average molecular weight is 240 g/mol. The van der Waals surface area contributed by atoms with Crippen LogP contribution in [0.4, 0.5) is 0 Å². The Bertz CT molecular complexity index is 239. The third kappa shape index (κ3) is 6.06. The normalized spacial score (nSPS) is 20.0. The topological polar surface area (TPSA) is 55.1 Å². The Balaban J connectivity index is 2.26. The Hall–Kier alpha value is -0.570. The van der Waals surface area contributed by atoms with Gasteiger partial charge in [0.25, 0.3) is 0 Å². The molecular formula is C14H28N2O. The van der Waals surface area contributed by atoms with Gasteiger partial charge in [-0.05, 0) is 26.2 Å². The van der Waals surface area contributed by atoms with E-state index >= 15 is 0 Å². The van der Waals surface area contributed by atoms with Crippen LogP contribution in [0.3, 0.4) is 0 Å². The minimum absolute atomic E-state index is 0.125. The Kier molecular flexibility index (Phi) is 5.44. The molecule has 1 aliphatic carbocycles. The van der Waals surface area contributed by atoms with E-state index in [2.05, 4.69) is 5.32 Å². The molecule has 1 unspecified atom stereocenters. The molecule has 3 heteroatoms. The van der Waals surface area contributed by atoms with E-state index in [9.17, 15) is 4.79 Å². The molecule has 17 heavy (non-hydrogen) atoms. The summed E-state index contributed by atoms with van der Waals surface area (Å²) in [7, 11) is 0. The lowest BCUT2D eigenvalue weighted by atomic mass is 9.83. The van der Waals surface area contributed by atoms with Crippen molar-refractivity contribution in [3.05, 3.63) is 0 Å². The lowest BCUT2D eigenvalue weighted by molar-refractivity contribution is -0.125. The molecule has 3 N–H and O–H groups in total. The van der Waals surface area contributed by atoms with Gasteiger partial charge in [0.05, 0.1) is 0 Å². The number of hydrogen-bond donors (Lipinski definition) is 2. The summed E-state index contributed by atoms with van der Waals surface area (Å²) in [4.78, 5) is 11.9. The first kappa shape index (κ1) is 14.5. The quantitative estimate of drug-likeness (QED) is 0.775. The van der Waals surface area contributed by atoms with Crippen molar-refractivity contribution in [1.29, 1.82) is 0 Å². The first-order valence-corrected chi connectivity index (χ1v) is 6.95. The van der Waals surface area contributed by atoms with Gasteiger partial charge in [0.15, 0.2) is 0 Å². The maximum atomic E-state index is 11.9. The number of rotatable bonds is 5. The third-order valence-electron chi connectivity index (χ3n) is 3.58. The summed E-state index contributed by atoms with van der Waals surface area (Å²) in [6.07, 6.45) is 7.71. The van der Waals surface area contributed by atoms with Crippen molar-refractivity contribution in [2.75, 3.05) is 6.54 Å². The number of carbonyl (C=O) groups is 1. The highest BCUT2D eigenvalue weighted by molar-refractivity contribution is 5.78. The van der Waals surface area contributed by atoms with Gasteiger partial charge in [-0.1, -0.05) is 39.0 Å². The van der Waals surface area contributed by atoms with Crippen LogP contribution in [0.2, 0.25) is 0 Å². The van der Waals surface area contributed by atoms with Gasteiger partial charge in [0.1, 0.15) is 0 Å². The minimum atomic E-state index is -0.319. The highest BCUT2D eigenvalue weighted by Gasteiger charge is 2.21. The Morgan fingerprint density at radius 1 is 1.35 bits per heavy atom. The zero-order valence-electron chi connectivity index (χ0n) is 11.6. The lowest BCUT2D eigenvalue weighted by Crippen LogP contribution is -2.46. The van der Waals surface area contributed by atoms with Crippen LogP contribution in [0.25, 0.3) is 0 Å². The second-order valence-electron chi connectivity index (χ2n) is 6.35. The zero-order chi connectivity index (χ0) is 12.9. The molecular weight excluding hydrogens is 212 g/mol. The van der Waals surface area contributed by atoms with Crippen molar-refractivity contribution in [2.45, 2.75) is 64.8 Å². The van der Waals surface area contributed by atoms with Crippen LogP contribution < -0.4 is 11.1 Å². The maximum absolute atomic E-state index is 11.9. The second kappa shape index (κ2) is 6.39. The van der Waals surface area contributed by atoms with Crippen LogP contribution in [0.1, 0.15) is 59.3 Å². The molecule has 1 rings (SSSR count). The van der Waals surface area contributed by atoms with E-state index in [-0.39, 0.29) is 17.4 Å². The monoisotopic (exact) mass is 240 g/mol. The first-order chi connectivity index (χ1) is 7.88. The molecule has 0 spiro atoms. The van der Waals surface area contributed by atoms with Crippen LogP contribution >= 0.6 is 0 Å². The predicted octanol–water partition coefficient (Wildman–Crippen LogP) is 2.45. The SMILES string of the molecule is CC(CC1CCCCC1)C(=O)NCC(C)(C)N. The average Bonchev–Trinajstić information content (AvgIpc) is 2.26. The van der Waals surface area contributed by atoms with E-state index in [1.807, 2.05) is 20.8 Å². The predicted molar refractivity (Wildman–Crippen MR) is 71.6 cm³/mol.